The van der Waals surface area contributed by atoms with Crippen molar-refractivity contribution < 1.29 is 19.1 Å². The number of aryl methyl sites for hydroxylation is 1. The summed E-state index contributed by atoms with van der Waals surface area (Å²) in [5.41, 5.74) is 1.16. The van der Waals surface area contributed by atoms with Crippen molar-refractivity contribution in [1.82, 2.24) is 4.90 Å². The number of amides is 1. The lowest BCUT2D eigenvalue weighted by atomic mass is 9.92. The number of aliphatic carboxylic acids is 1. The van der Waals surface area contributed by atoms with Gasteiger partial charge in [-0.1, -0.05) is 6.07 Å². The minimum absolute atomic E-state index is 0.131. The Balaban J connectivity index is 2.05. The summed E-state index contributed by atoms with van der Waals surface area (Å²) in [7, 11) is 0. The zero-order chi connectivity index (χ0) is 15.4. The van der Waals surface area contributed by atoms with E-state index in [-0.39, 0.29) is 18.2 Å². The molecule has 1 N–H and O–H groups in total. The zero-order valence-electron chi connectivity index (χ0n) is 12.1. The van der Waals surface area contributed by atoms with Crippen molar-refractivity contribution in [1.29, 1.82) is 0 Å². The fourth-order valence-corrected chi connectivity index (χ4v) is 2.81. The second kappa shape index (κ2) is 6.70. The predicted molar refractivity (Wildman–Crippen MR) is 76.6 cm³/mol. The number of carbonyl (C=O) groups is 2. The molecule has 5 heteroatoms. The number of likely N-dealkylation sites (tertiary alicyclic amines) is 1. The molecule has 1 aliphatic rings. The molecule has 21 heavy (non-hydrogen) atoms. The van der Waals surface area contributed by atoms with Crippen molar-refractivity contribution in [3.8, 4) is 0 Å². The second-order valence-corrected chi connectivity index (χ2v) is 5.65. The van der Waals surface area contributed by atoms with Gasteiger partial charge in [-0.2, -0.15) is 0 Å². The fraction of sp³-hybridized carbons (Fsp3) is 0.500. The van der Waals surface area contributed by atoms with Crippen LogP contribution in [0.3, 0.4) is 0 Å². The van der Waals surface area contributed by atoms with Gasteiger partial charge in [0.15, 0.2) is 0 Å². The monoisotopic (exact) mass is 293 g/mol. The van der Waals surface area contributed by atoms with Crippen LogP contribution in [-0.2, 0) is 4.79 Å². The maximum Gasteiger partial charge on any atom is 0.303 e. The number of carboxylic acids is 1. The van der Waals surface area contributed by atoms with Crippen molar-refractivity contribution in [2.24, 2.45) is 5.92 Å². The van der Waals surface area contributed by atoms with Crippen LogP contribution in [0.5, 0.6) is 0 Å². The normalized spacial score (nSPS) is 18.6. The number of halogens is 1. The van der Waals surface area contributed by atoms with Crippen LogP contribution in [0, 0.1) is 18.7 Å². The van der Waals surface area contributed by atoms with Gasteiger partial charge in [-0.05, 0) is 49.8 Å². The molecule has 0 saturated carbocycles. The van der Waals surface area contributed by atoms with Gasteiger partial charge in [0.1, 0.15) is 5.82 Å². The molecule has 114 valence electrons. The van der Waals surface area contributed by atoms with E-state index in [1.807, 2.05) is 0 Å². The molecule has 1 saturated heterocycles. The lowest BCUT2D eigenvalue weighted by Crippen LogP contribution is -2.40. The van der Waals surface area contributed by atoms with Crippen LogP contribution in [-0.4, -0.2) is 35.0 Å². The number of piperidine rings is 1. The minimum atomic E-state index is -0.806. The van der Waals surface area contributed by atoms with E-state index >= 15 is 0 Å². The number of carboxylic acid groups (broad SMARTS) is 1. The summed E-state index contributed by atoms with van der Waals surface area (Å²) in [4.78, 5) is 24.9. The highest BCUT2D eigenvalue weighted by Crippen LogP contribution is 2.23. The molecular weight excluding hydrogens is 273 g/mol. The molecule has 1 aromatic carbocycles. The summed E-state index contributed by atoms with van der Waals surface area (Å²) in [6.45, 7) is 3.00. The van der Waals surface area contributed by atoms with Crippen LogP contribution >= 0.6 is 0 Å². The maximum absolute atomic E-state index is 13.3. The molecule has 0 bridgehead atoms. The SMILES string of the molecule is Cc1ccc(F)cc1C(=O)N1CCC[C@@H](CCC(=O)O)C1. The van der Waals surface area contributed by atoms with E-state index in [0.29, 0.717) is 25.1 Å². The third kappa shape index (κ3) is 4.03. The zero-order valence-corrected chi connectivity index (χ0v) is 12.1. The summed E-state index contributed by atoms with van der Waals surface area (Å²) in [5.74, 6) is -1.16. The molecule has 1 aliphatic heterocycles. The van der Waals surface area contributed by atoms with Crippen LogP contribution in [0.2, 0.25) is 0 Å². The smallest absolute Gasteiger partial charge is 0.303 e. The van der Waals surface area contributed by atoms with Gasteiger partial charge in [-0.3, -0.25) is 9.59 Å². The summed E-state index contributed by atoms with van der Waals surface area (Å²) in [6.07, 6.45) is 2.52. The number of benzene rings is 1. The van der Waals surface area contributed by atoms with E-state index in [1.54, 1.807) is 17.9 Å². The molecule has 1 heterocycles. The Kier molecular flexibility index (Phi) is 4.94. The van der Waals surface area contributed by atoms with E-state index in [4.69, 9.17) is 5.11 Å². The average Bonchev–Trinajstić information content (AvgIpc) is 2.47. The van der Waals surface area contributed by atoms with Gasteiger partial charge in [0.25, 0.3) is 5.91 Å². The Morgan fingerprint density at radius 3 is 2.90 bits per heavy atom. The molecule has 4 nitrogen and oxygen atoms in total. The predicted octanol–water partition coefficient (Wildman–Crippen LogP) is 2.85. The molecule has 0 spiro atoms. The molecular formula is C16H20FNO3. The van der Waals surface area contributed by atoms with E-state index in [9.17, 15) is 14.0 Å². The highest BCUT2D eigenvalue weighted by molar-refractivity contribution is 5.95. The van der Waals surface area contributed by atoms with Gasteiger partial charge in [0.2, 0.25) is 0 Å². The molecule has 0 unspecified atom stereocenters. The van der Waals surface area contributed by atoms with Crippen LogP contribution in [0.15, 0.2) is 18.2 Å². The third-order valence-electron chi connectivity index (χ3n) is 4.00. The summed E-state index contributed by atoms with van der Waals surface area (Å²) in [6, 6.07) is 4.23. The van der Waals surface area contributed by atoms with Crippen LogP contribution in [0.4, 0.5) is 4.39 Å². The summed E-state index contributed by atoms with van der Waals surface area (Å²) < 4.78 is 13.3. The molecule has 2 rings (SSSR count). The first-order valence-electron chi connectivity index (χ1n) is 7.24. The standard InChI is InChI=1S/C16H20FNO3/c1-11-4-6-13(17)9-14(11)16(21)18-8-2-3-12(10-18)5-7-15(19)20/h4,6,9,12H,2-3,5,7-8,10H2,1H3,(H,19,20)/t12-/m0/s1. The Morgan fingerprint density at radius 2 is 2.19 bits per heavy atom. The topological polar surface area (TPSA) is 57.6 Å². The van der Waals surface area contributed by atoms with Gasteiger partial charge in [-0.15, -0.1) is 0 Å². The number of rotatable bonds is 4. The molecule has 0 aromatic heterocycles. The first-order chi connectivity index (χ1) is 9.97. The van der Waals surface area contributed by atoms with E-state index in [0.717, 1.165) is 18.4 Å². The number of hydrogen-bond donors (Lipinski definition) is 1. The van der Waals surface area contributed by atoms with Crippen molar-refractivity contribution in [3.63, 3.8) is 0 Å². The number of nitrogens with zero attached hydrogens (tertiary/aromatic N) is 1. The Hall–Kier alpha value is -1.91. The lowest BCUT2D eigenvalue weighted by molar-refractivity contribution is -0.137. The largest absolute Gasteiger partial charge is 0.481 e. The van der Waals surface area contributed by atoms with Gasteiger partial charge < -0.3 is 10.0 Å². The van der Waals surface area contributed by atoms with E-state index in [2.05, 4.69) is 0 Å². The van der Waals surface area contributed by atoms with Crippen LogP contribution in [0.25, 0.3) is 0 Å². The first-order valence-corrected chi connectivity index (χ1v) is 7.24. The average molecular weight is 293 g/mol. The quantitative estimate of drug-likeness (QED) is 0.928. The van der Waals surface area contributed by atoms with E-state index in [1.165, 1.54) is 12.1 Å². The van der Waals surface area contributed by atoms with Crippen molar-refractivity contribution >= 4 is 11.9 Å². The molecule has 0 aliphatic carbocycles. The highest BCUT2D eigenvalue weighted by Gasteiger charge is 2.25. The molecule has 1 atom stereocenters. The first kappa shape index (κ1) is 15.5. The molecule has 0 radical (unpaired) electrons. The van der Waals surface area contributed by atoms with Gasteiger partial charge in [0, 0.05) is 25.1 Å². The highest BCUT2D eigenvalue weighted by atomic mass is 19.1. The van der Waals surface area contributed by atoms with Gasteiger partial charge in [0.05, 0.1) is 0 Å². The summed E-state index contributed by atoms with van der Waals surface area (Å²) >= 11 is 0. The number of carbonyl (C=O) groups excluding carboxylic acids is 1. The number of hydrogen-bond acceptors (Lipinski definition) is 2. The van der Waals surface area contributed by atoms with Crippen molar-refractivity contribution in [3.05, 3.63) is 35.1 Å². The maximum atomic E-state index is 13.3. The summed E-state index contributed by atoms with van der Waals surface area (Å²) in [5, 5.41) is 8.74. The minimum Gasteiger partial charge on any atom is -0.481 e. The third-order valence-corrected chi connectivity index (χ3v) is 4.00. The van der Waals surface area contributed by atoms with Gasteiger partial charge >= 0.3 is 5.97 Å². The Morgan fingerprint density at radius 1 is 1.43 bits per heavy atom. The Bertz CT molecular complexity index is 544. The van der Waals surface area contributed by atoms with Gasteiger partial charge in [-0.25, -0.2) is 4.39 Å². The van der Waals surface area contributed by atoms with Crippen LogP contribution < -0.4 is 0 Å². The molecule has 1 aromatic rings. The fourth-order valence-electron chi connectivity index (χ4n) is 2.81. The van der Waals surface area contributed by atoms with Crippen LogP contribution in [0.1, 0.15) is 41.6 Å². The molecule has 1 amide bonds. The second-order valence-electron chi connectivity index (χ2n) is 5.65. The lowest BCUT2D eigenvalue weighted by Gasteiger charge is -2.33. The van der Waals surface area contributed by atoms with Crippen molar-refractivity contribution in [2.75, 3.05) is 13.1 Å². The van der Waals surface area contributed by atoms with E-state index < -0.39 is 11.8 Å². The molecule has 1 fully saturated rings. The van der Waals surface area contributed by atoms with Crippen molar-refractivity contribution in [2.45, 2.75) is 32.6 Å². The Labute approximate surface area is 123 Å².